The molecule has 0 saturated carbocycles. The van der Waals surface area contributed by atoms with E-state index in [2.05, 4.69) is 28.7 Å². The monoisotopic (exact) mass is 219 g/mol. The number of likely N-dealkylation sites (tertiary alicyclic amines) is 1. The van der Waals surface area contributed by atoms with E-state index in [9.17, 15) is 0 Å². The molecule has 1 aromatic heterocycles. The van der Waals surface area contributed by atoms with Gasteiger partial charge in [-0.25, -0.2) is 9.97 Å². The van der Waals surface area contributed by atoms with Crippen LogP contribution >= 0.6 is 0 Å². The molecule has 1 atom stereocenters. The van der Waals surface area contributed by atoms with Gasteiger partial charge in [0, 0.05) is 37.4 Å². The summed E-state index contributed by atoms with van der Waals surface area (Å²) in [6.45, 7) is 6.85. The predicted molar refractivity (Wildman–Crippen MR) is 65.3 cm³/mol. The molecule has 16 heavy (non-hydrogen) atoms. The van der Waals surface area contributed by atoms with Crippen molar-refractivity contribution in [3.8, 4) is 0 Å². The van der Waals surface area contributed by atoms with Gasteiger partial charge in [0.25, 0.3) is 0 Å². The molecule has 3 heteroatoms. The molecule has 0 amide bonds. The van der Waals surface area contributed by atoms with E-state index in [1.165, 1.54) is 19.3 Å². The van der Waals surface area contributed by atoms with Crippen molar-refractivity contribution in [2.45, 2.75) is 45.1 Å². The first kappa shape index (κ1) is 11.5. The fourth-order valence-electron chi connectivity index (χ4n) is 2.24. The number of unbranched alkanes of at least 4 members (excludes halogenated alkanes) is 1. The summed E-state index contributed by atoms with van der Waals surface area (Å²) in [7, 11) is 0. The summed E-state index contributed by atoms with van der Waals surface area (Å²) in [6, 6.07) is 2.60. The highest BCUT2D eigenvalue weighted by atomic mass is 15.2. The van der Waals surface area contributed by atoms with E-state index in [-0.39, 0.29) is 0 Å². The van der Waals surface area contributed by atoms with Crippen LogP contribution in [-0.4, -0.2) is 34.0 Å². The maximum absolute atomic E-state index is 4.32. The lowest BCUT2D eigenvalue weighted by Gasteiger charge is -2.42. The third kappa shape index (κ3) is 2.59. The van der Waals surface area contributed by atoms with Crippen LogP contribution < -0.4 is 0 Å². The van der Waals surface area contributed by atoms with Crippen LogP contribution in [0.3, 0.4) is 0 Å². The molecule has 1 fully saturated rings. The first-order valence-corrected chi connectivity index (χ1v) is 6.32. The van der Waals surface area contributed by atoms with Gasteiger partial charge in [0.05, 0.1) is 0 Å². The molecule has 0 aliphatic carbocycles. The molecule has 3 nitrogen and oxygen atoms in total. The van der Waals surface area contributed by atoms with Crippen LogP contribution in [-0.2, 0) is 0 Å². The number of nitrogens with zero attached hydrogens (tertiary/aromatic N) is 3. The van der Waals surface area contributed by atoms with Gasteiger partial charge in [-0.3, -0.25) is 4.90 Å². The quantitative estimate of drug-likeness (QED) is 0.761. The van der Waals surface area contributed by atoms with Crippen LogP contribution in [0, 0.1) is 0 Å². The molecule has 2 rings (SSSR count). The SMILES string of the molecule is CCCCC(C)N1CC(c2ncccn2)C1. The summed E-state index contributed by atoms with van der Waals surface area (Å²) < 4.78 is 0. The Morgan fingerprint density at radius 2 is 2.06 bits per heavy atom. The van der Waals surface area contributed by atoms with Gasteiger partial charge in [-0.15, -0.1) is 0 Å². The number of rotatable bonds is 5. The largest absolute Gasteiger partial charge is 0.299 e. The average molecular weight is 219 g/mol. The maximum atomic E-state index is 4.32. The molecule has 1 unspecified atom stereocenters. The Kier molecular flexibility index (Phi) is 3.88. The number of aromatic nitrogens is 2. The predicted octanol–water partition coefficient (Wildman–Crippen LogP) is 2.45. The number of hydrogen-bond acceptors (Lipinski definition) is 3. The van der Waals surface area contributed by atoms with Crippen molar-refractivity contribution < 1.29 is 0 Å². The minimum absolute atomic E-state index is 0.560. The van der Waals surface area contributed by atoms with Crippen LogP contribution in [0.5, 0.6) is 0 Å². The Morgan fingerprint density at radius 3 is 2.69 bits per heavy atom. The van der Waals surface area contributed by atoms with E-state index >= 15 is 0 Å². The second kappa shape index (κ2) is 5.39. The van der Waals surface area contributed by atoms with E-state index in [0.29, 0.717) is 5.92 Å². The van der Waals surface area contributed by atoms with Crippen LogP contribution in [0.15, 0.2) is 18.5 Å². The van der Waals surface area contributed by atoms with Crippen LogP contribution in [0.4, 0.5) is 0 Å². The molecule has 0 bridgehead atoms. The zero-order valence-electron chi connectivity index (χ0n) is 10.3. The smallest absolute Gasteiger partial charge is 0.133 e. The normalized spacial score (nSPS) is 19.4. The summed E-state index contributed by atoms with van der Waals surface area (Å²) in [5.41, 5.74) is 0. The minimum atomic E-state index is 0.560. The Labute approximate surface area is 97.9 Å². The van der Waals surface area contributed by atoms with Crippen LogP contribution in [0.25, 0.3) is 0 Å². The molecule has 2 heterocycles. The standard InChI is InChI=1S/C13H21N3/c1-3-4-6-11(2)16-9-12(10-16)13-14-7-5-8-15-13/h5,7-8,11-12H,3-4,6,9-10H2,1-2H3. The molecule has 0 radical (unpaired) electrons. The summed E-state index contributed by atoms with van der Waals surface area (Å²) in [5, 5.41) is 0. The van der Waals surface area contributed by atoms with E-state index in [4.69, 9.17) is 0 Å². The molecule has 1 saturated heterocycles. The van der Waals surface area contributed by atoms with Gasteiger partial charge in [0.2, 0.25) is 0 Å². The lowest BCUT2D eigenvalue weighted by Crippen LogP contribution is -2.50. The summed E-state index contributed by atoms with van der Waals surface area (Å²) in [5.74, 6) is 1.58. The van der Waals surface area contributed by atoms with Crippen molar-refractivity contribution in [2.24, 2.45) is 0 Å². The fraction of sp³-hybridized carbons (Fsp3) is 0.692. The highest BCUT2D eigenvalue weighted by Gasteiger charge is 2.32. The van der Waals surface area contributed by atoms with Gasteiger partial charge in [0.1, 0.15) is 5.82 Å². The van der Waals surface area contributed by atoms with E-state index in [1.54, 1.807) is 0 Å². The van der Waals surface area contributed by atoms with Crippen molar-refractivity contribution >= 4 is 0 Å². The Hall–Kier alpha value is -0.960. The molecule has 88 valence electrons. The molecule has 0 spiro atoms. The minimum Gasteiger partial charge on any atom is -0.299 e. The molecule has 0 N–H and O–H groups in total. The lowest BCUT2D eigenvalue weighted by molar-refractivity contribution is 0.0904. The topological polar surface area (TPSA) is 29.0 Å². The summed E-state index contributed by atoms with van der Waals surface area (Å²) >= 11 is 0. The zero-order valence-corrected chi connectivity index (χ0v) is 10.3. The summed E-state index contributed by atoms with van der Waals surface area (Å²) in [4.78, 5) is 11.2. The second-order valence-electron chi connectivity index (χ2n) is 4.75. The first-order valence-electron chi connectivity index (χ1n) is 6.32. The van der Waals surface area contributed by atoms with E-state index in [0.717, 1.165) is 25.0 Å². The Bertz CT molecular complexity index is 306. The van der Waals surface area contributed by atoms with Crippen LogP contribution in [0.1, 0.15) is 44.9 Å². The Morgan fingerprint density at radius 1 is 1.38 bits per heavy atom. The molecule has 1 aromatic rings. The van der Waals surface area contributed by atoms with Gasteiger partial charge >= 0.3 is 0 Å². The van der Waals surface area contributed by atoms with Gasteiger partial charge in [-0.2, -0.15) is 0 Å². The third-order valence-electron chi connectivity index (χ3n) is 3.46. The van der Waals surface area contributed by atoms with Crippen LogP contribution in [0.2, 0.25) is 0 Å². The number of hydrogen-bond donors (Lipinski definition) is 0. The van der Waals surface area contributed by atoms with Gasteiger partial charge in [0.15, 0.2) is 0 Å². The molecule has 1 aliphatic heterocycles. The van der Waals surface area contributed by atoms with Crippen molar-refractivity contribution in [1.29, 1.82) is 0 Å². The van der Waals surface area contributed by atoms with Gasteiger partial charge in [-0.1, -0.05) is 19.8 Å². The average Bonchev–Trinajstić information content (AvgIpc) is 2.26. The second-order valence-corrected chi connectivity index (χ2v) is 4.75. The molecular formula is C13H21N3. The van der Waals surface area contributed by atoms with E-state index < -0.39 is 0 Å². The molecule has 1 aliphatic rings. The first-order chi connectivity index (χ1) is 7.81. The molecule has 0 aromatic carbocycles. The van der Waals surface area contributed by atoms with Crippen molar-refractivity contribution in [3.63, 3.8) is 0 Å². The Balaban J connectivity index is 1.77. The highest BCUT2D eigenvalue weighted by molar-refractivity contribution is 5.05. The molecular weight excluding hydrogens is 198 g/mol. The maximum Gasteiger partial charge on any atom is 0.133 e. The van der Waals surface area contributed by atoms with Crippen molar-refractivity contribution in [2.75, 3.05) is 13.1 Å². The van der Waals surface area contributed by atoms with Gasteiger partial charge < -0.3 is 0 Å². The van der Waals surface area contributed by atoms with Gasteiger partial charge in [-0.05, 0) is 19.4 Å². The third-order valence-corrected chi connectivity index (χ3v) is 3.46. The highest BCUT2D eigenvalue weighted by Crippen LogP contribution is 2.27. The zero-order chi connectivity index (χ0) is 11.4. The lowest BCUT2D eigenvalue weighted by atomic mass is 9.95. The van der Waals surface area contributed by atoms with E-state index in [1.807, 2.05) is 18.5 Å². The summed E-state index contributed by atoms with van der Waals surface area (Å²) in [6.07, 6.45) is 7.63. The van der Waals surface area contributed by atoms with Crippen molar-refractivity contribution in [1.82, 2.24) is 14.9 Å². The fourth-order valence-corrected chi connectivity index (χ4v) is 2.24. The van der Waals surface area contributed by atoms with Crippen molar-refractivity contribution in [3.05, 3.63) is 24.3 Å².